The molecule has 0 aliphatic carbocycles. The van der Waals surface area contributed by atoms with E-state index in [0.29, 0.717) is 4.88 Å². The molecule has 0 unspecified atom stereocenters. The van der Waals surface area contributed by atoms with Gasteiger partial charge >= 0.3 is 0 Å². The fourth-order valence-corrected chi connectivity index (χ4v) is 3.66. The lowest BCUT2D eigenvalue weighted by Gasteiger charge is -2.05. The number of aromatic nitrogens is 1. The summed E-state index contributed by atoms with van der Waals surface area (Å²) in [6.07, 6.45) is 0. The van der Waals surface area contributed by atoms with Crippen molar-refractivity contribution >= 4 is 32.4 Å². The molecule has 0 saturated carbocycles. The van der Waals surface area contributed by atoms with Crippen LogP contribution in [0.5, 0.6) is 0 Å². The van der Waals surface area contributed by atoms with Crippen LogP contribution in [0.15, 0.2) is 5.03 Å². The van der Waals surface area contributed by atoms with Crippen LogP contribution in [0.25, 0.3) is 0 Å². The topological polar surface area (TPSA) is 118 Å². The third kappa shape index (κ3) is 5.13. The highest BCUT2D eigenvalue weighted by Gasteiger charge is 2.21. The minimum absolute atomic E-state index is 0.0781. The Balaban J connectivity index is 2.67. The van der Waals surface area contributed by atoms with Gasteiger partial charge in [-0.05, 0) is 6.92 Å². The minimum Gasteiger partial charge on any atom is -0.394 e. The minimum atomic E-state index is -3.74. The van der Waals surface area contributed by atoms with Gasteiger partial charge in [0.15, 0.2) is 10.2 Å². The zero-order valence-electron chi connectivity index (χ0n) is 11.2. The lowest BCUT2D eigenvalue weighted by Crippen LogP contribution is -2.28. The van der Waals surface area contributed by atoms with Gasteiger partial charge in [0.25, 0.3) is 10.0 Å². The van der Waals surface area contributed by atoms with E-state index in [2.05, 4.69) is 15.0 Å². The van der Waals surface area contributed by atoms with Gasteiger partial charge < -0.3 is 15.2 Å². The molecule has 0 radical (unpaired) electrons. The Kier molecular flexibility index (Phi) is 6.49. The molecule has 10 heteroatoms. The molecule has 0 fully saturated rings. The maximum atomic E-state index is 12.0. The summed E-state index contributed by atoms with van der Waals surface area (Å²) in [7, 11) is -3.74. The van der Waals surface area contributed by atoms with Crippen molar-refractivity contribution < 1.29 is 23.1 Å². The van der Waals surface area contributed by atoms with Gasteiger partial charge in [-0.3, -0.25) is 4.79 Å². The standard InChI is InChI=1S/C10H17N3O5S2/c1-7-9(13-10(19-7)12-8(2)15)20(16,17)11-3-5-18-6-4-14/h11,14H,3-6H2,1-2H3,(H,12,13,15). The number of amides is 1. The first-order chi connectivity index (χ1) is 9.36. The Morgan fingerprint density at radius 2 is 2.15 bits per heavy atom. The van der Waals surface area contributed by atoms with Gasteiger partial charge in [0.2, 0.25) is 5.91 Å². The number of aliphatic hydroxyl groups excluding tert-OH is 1. The third-order valence-electron chi connectivity index (χ3n) is 2.07. The van der Waals surface area contributed by atoms with Crippen molar-refractivity contribution in [3.63, 3.8) is 0 Å². The summed E-state index contributed by atoms with van der Waals surface area (Å²) < 4.78 is 31.3. The molecular formula is C10H17N3O5S2. The maximum absolute atomic E-state index is 12.0. The van der Waals surface area contributed by atoms with Crippen molar-refractivity contribution in [1.82, 2.24) is 9.71 Å². The van der Waals surface area contributed by atoms with Crippen LogP contribution in [0.4, 0.5) is 5.13 Å². The fraction of sp³-hybridized carbons (Fsp3) is 0.600. The smallest absolute Gasteiger partial charge is 0.259 e. The number of nitrogens with zero attached hydrogens (tertiary/aromatic N) is 1. The van der Waals surface area contributed by atoms with E-state index in [4.69, 9.17) is 9.84 Å². The Bertz CT molecular complexity index is 555. The highest BCUT2D eigenvalue weighted by Crippen LogP contribution is 2.25. The van der Waals surface area contributed by atoms with E-state index in [9.17, 15) is 13.2 Å². The van der Waals surface area contributed by atoms with Crippen molar-refractivity contribution in [1.29, 1.82) is 0 Å². The summed E-state index contributed by atoms with van der Waals surface area (Å²) in [5.41, 5.74) is 0. The maximum Gasteiger partial charge on any atom is 0.259 e. The third-order valence-corrected chi connectivity index (χ3v) is 4.57. The monoisotopic (exact) mass is 323 g/mol. The second-order valence-electron chi connectivity index (χ2n) is 3.80. The van der Waals surface area contributed by atoms with E-state index in [0.717, 1.165) is 11.3 Å². The van der Waals surface area contributed by atoms with Crippen molar-refractivity contribution in [3.8, 4) is 0 Å². The van der Waals surface area contributed by atoms with Crippen molar-refractivity contribution in [2.75, 3.05) is 31.7 Å². The van der Waals surface area contributed by atoms with Crippen LogP contribution in [-0.4, -0.2) is 50.8 Å². The molecule has 0 aliphatic rings. The van der Waals surface area contributed by atoms with Crippen LogP contribution < -0.4 is 10.0 Å². The first kappa shape index (κ1) is 17.0. The Morgan fingerprint density at radius 3 is 2.75 bits per heavy atom. The molecule has 1 aromatic rings. The van der Waals surface area contributed by atoms with E-state index in [1.54, 1.807) is 6.92 Å². The number of thiazole rings is 1. The number of aryl methyl sites for hydroxylation is 1. The van der Waals surface area contributed by atoms with Gasteiger partial charge in [-0.15, -0.1) is 11.3 Å². The number of sulfonamides is 1. The zero-order valence-corrected chi connectivity index (χ0v) is 12.8. The predicted molar refractivity (Wildman–Crippen MR) is 74.2 cm³/mol. The van der Waals surface area contributed by atoms with Gasteiger partial charge in [0.05, 0.1) is 19.8 Å². The van der Waals surface area contributed by atoms with E-state index < -0.39 is 10.0 Å². The van der Waals surface area contributed by atoms with Crippen molar-refractivity contribution in [2.45, 2.75) is 18.9 Å². The first-order valence-electron chi connectivity index (χ1n) is 5.80. The molecule has 1 heterocycles. The molecule has 0 atom stereocenters. The molecule has 0 aromatic carbocycles. The lowest BCUT2D eigenvalue weighted by molar-refractivity contribution is -0.114. The van der Waals surface area contributed by atoms with Crippen LogP contribution in [0.1, 0.15) is 11.8 Å². The van der Waals surface area contributed by atoms with Crippen LogP contribution in [0.3, 0.4) is 0 Å². The average molecular weight is 323 g/mol. The number of hydrogen-bond acceptors (Lipinski definition) is 7. The number of carbonyl (C=O) groups excluding carboxylic acids is 1. The summed E-state index contributed by atoms with van der Waals surface area (Å²) in [5, 5.41) is 11.1. The summed E-state index contributed by atoms with van der Waals surface area (Å²) in [4.78, 5) is 15.3. The van der Waals surface area contributed by atoms with Gasteiger partial charge in [0.1, 0.15) is 0 Å². The van der Waals surface area contributed by atoms with Crippen LogP contribution in [0.2, 0.25) is 0 Å². The Labute approximate surface area is 121 Å². The molecule has 0 bridgehead atoms. The Hall–Kier alpha value is -1.07. The summed E-state index contributed by atoms with van der Waals surface area (Å²) in [6, 6.07) is 0. The quantitative estimate of drug-likeness (QED) is 0.565. The van der Waals surface area contributed by atoms with Crippen molar-refractivity contribution in [2.24, 2.45) is 0 Å². The number of rotatable bonds is 8. The predicted octanol–water partition coefficient (Wildman–Crippen LogP) is -0.303. The largest absolute Gasteiger partial charge is 0.394 e. The molecule has 0 saturated heterocycles. The second-order valence-corrected chi connectivity index (χ2v) is 6.68. The van der Waals surface area contributed by atoms with E-state index >= 15 is 0 Å². The van der Waals surface area contributed by atoms with Crippen molar-refractivity contribution in [3.05, 3.63) is 4.88 Å². The number of hydrogen-bond donors (Lipinski definition) is 3. The van der Waals surface area contributed by atoms with Gasteiger partial charge in [-0.2, -0.15) is 0 Å². The van der Waals surface area contributed by atoms with E-state index in [1.165, 1.54) is 6.92 Å². The number of aliphatic hydroxyl groups is 1. The summed E-state index contributed by atoms with van der Waals surface area (Å²) in [5.74, 6) is -0.312. The number of carbonyl (C=O) groups is 1. The number of anilines is 1. The van der Waals surface area contributed by atoms with Crippen LogP contribution >= 0.6 is 11.3 Å². The molecular weight excluding hydrogens is 306 g/mol. The molecule has 0 aliphatic heterocycles. The van der Waals surface area contributed by atoms with Crippen LogP contribution in [-0.2, 0) is 19.6 Å². The van der Waals surface area contributed by atoms with Gasteiger partial charge in [0, 0.05) is 18.3 Å². The highest BCUT2D eigenvalue weighted by molar-refractivity contribution is 7.89. The summed E-state index contributed by atoms with van der Waals surface area (Å²) >= 11 is 1.09. The second kappa shape index (κ2) is 7.64. The van der Waals surface area contributed by atoms with E-state index in [1.807, 2.05) is 0 Å². The molecule has 1 amide bonds. The molecule has 8 nitrogen and oxygen atoms in total. The fourth-order valence-electron chi connectivity index (χ4n) is 1.32. The van der Waals surface area contributed by atoms with Gasteiger partial charge in [-0.25, -0.2) is 18.1 Å². The molecule has 114 valence electrons. The SMILES string of the molecule is CC(=O)Nc1nc(S(=O)(=O)NCCOCCO)c(C)s1. The molecule has 1 aromatic heterocycles. The molecule has 3 N–H and O–H groups in total. The highest BCUT2D eigenvalue weighted by atomic mass is 32.2. The normalized spacial score (nSPS) is 11.6. The number of nitrogens with one attached hydrogen (secondary N) is 2. The molecule has 1 rings (SSSR count). The van der Waals surface area contributed by atoms with Crippen LogP contribution in [0, 0.1) is 6.92 Å². The summed E-state index contributed by atoms with van der Waals surface area (Å²) in [6.45, 7) is 3.21. The molecule has 20 heavy (non-hydrogen) atoms. The zero-order chi connectivity index (χ0) is 15.2. The average Bonchev–Trinajstić information content (AvgIpc) is 2.69. The number of ether oxygens (including phenoxy) is 1. The Morgan fingerprint density at radius 1 is 1.45 bits per heavy atom. The molecule has 0 spiro atoms. The first-order valence-corrected chi connectivity index (χ1v) is 8.10. The lowest BCUT2D eigenvalue weighted by atomic mass is 10.6. The van der Waals surface area contributed by atoms with E-state index in [-0.39, 0.29) is 42.4 Å². The van der Waals surface area contributed by atoms with Gasteiger partial charge in [-0.1, -0.05) is 0 Å².